The highest BCUT2D eigenvalue weighted by Crippen LogP contribution is 2.64. The number of nitro groups is 1. The molecule has 1 fully saturated rings. The van der Waals surface area contributed by atoms with Crippen LogP contribution in [-0.2, 0) is 4.79 Å². The predicted molar refractivity (Wildman–Crippen MR) is 88.6 cm³/mol. The Kier molecular flexibility index (Phi) is 4.62. The Morgan fingerprint density at radius 1 is 1.48 bits per heavy atom. The van der Waals surface area contributed by atoms with Crippen LogP contribution in [0.3, 0.4) is 0 Å². The maximum atomic E-state index is 12.0. The van der Waals surface area contributed by atoms with Gasteiger partial charge in [-0.15, -0.1) is 0 Å². The fourth-order valence-electron chi connectivity index (χ4n) is 5.19. The molecule has 0 aliphatic heterocycles. The monoisotopic (exact) mass is 323 g/mol. The fourth-order valence-corrected chi connectivity index (χ4v) is 5.19. The number of aliphatic carboxylic acids is 1. The predicted octanol–water partition coefficient (Wildman–Crippen LogP) is 4.01. The molecule has 0 radical (unpaired) electrons. The van der Waals surface area contributed by atoms with Gasteiger partial charge in [0.25, 0.3) is 0 Å². The number of rotatable bonds is 6. The van der Waals surface area contributed by atoms with Gasteiger partial charge in [-0.3, -0.25) is 14.9 Å². The third kappa shape index (κ3) is 3.29. The van der Waals surface area contributed by atoms with Crippen molar-refractivity contribution in [2.75, 3.05) is 6.54 Å². The van der Waals surface area contributed by atoms with Crippen molar-refractivity contribution < 1.29 is 14.8 Å². The van der Waals surface area contributed by atoms with E-state index in [0.29, 0.717) is 18.3 Å². The number of hydrogen-bond acceptors (Lipinski definition) is 3. The lowest BCUT2D eigenvalue weighted by molar-refractivity contribution is -0.510. The molecule has 4 atom stereocenters. The van der Waals surface area contributed by atoms with Crippen molar-refractivity contribution in [1.82, 2.24) is 0 Å². The van der Waals surface area contributed by atoms with Crippen molar-refractivity contribution in [1.29, 1.82) is 0 Å². The molecule has 2 aliphatic carbocycles. The molecule has 0 saturated heterocycles. The summed E-state index contributed by atoms with van der Waals surface area (Å²) in [6, 6.07) is 0. The van der Waals surface area contributed by atoms with Crippen LogP contribution >= 0.6 is 0 Å². The molecule has 2 rings (SSSR count). The maximum Gasteiger partial charge on any atom is 0.307 e. The number of nitrogens with zero attached hydrogens (tertiary/aromatic N) is 1. The Labute approximate surface area is 138 Å². The summed E-state index contributed by atoms with van der Waals surface area (Å²) in [6.45, 7) is 9.74. The largest absolute Gasteiger partial charge is 0.481 e. The average molecular weight is 323 g/mol. The molecule has 0 aromatic rings. The molecule has 2 aliphatic rings. The molecule has 1 N–H and O–H groups in total. The lowest BCUT2D eigenvalue weighted by Crippen LogP contribution is -2.59. The van der Waals surface area contributed by atoms with Crippen LogP contribution in [0.5, 0.6) is 0 Å². The second-order valence-electron chi connectivity index (χ2n) is 8.98. The molecule has 5 heteroatoms. The third-order valence-electron chi connectivity index (χ3n) is 5.54. The first-order chi connectivity index (χ1) is 10.5. The van der Waals surface area contributed by atoms with Gasteiger partial charge in [0.15, 0.2) is 0 Å². The van der Waals surface area contributed by atoms with E-state index in [4.69, 9.17) is 0 Å². The lowest BCUT2D eigenvalue weighted by Gasteiger charge is -2.55. The molecule has 0 heterocycles. The summed E-state index contributed by atoms with van der Waals surface area (Å²) in [5.74, 6) is -0.601. The van der Waals surface area contributed by atoms with E-state index in [1.807, 2.05) is 20.8 Å². The Hall–Kier alpha value is -1.39. The average Bonchev–Trinajstić information content (AvgIpc) is 2.62. The van der Waals surface area contributed by atoms with E-state index in [0.717, 1.165) is 12.8 Å². The molecule has 23 heavy (non-hydrogen) atoms. The number of carboxylic acids is 1. The van der Waals surface area contributed by atoms with Gasteiger partial charge in [-0.1, -0.05) is 46.3 Å². The summed E-state index contributed by atoms with van der Waals surface area (Å²) in [6.07, 6.45) is 4.83. The molecule has 1 unspecified atom stereocenters. The van der Waals surface area contributed by atoms with Crippen LogP contribution in [0.1, 0.15) is 53.9 Å². The van der Waals surface area contributed by atoms with Crippen molar-refractivity contribution in [3.63, 3.8) is 0 Å². The smallest absolute Gasteiger partial charge is 0.307 e. The molecule has 0 aromatic heterocycles. The summed E-state index contributed by atoms with van der Waals surface area (Å²) in [7, 11) is 0. The normalized spacial score (nSPS) is 31.3. The zero-order chi connectivity index (χ0) is 17.6. The van der Waals surface area contributed by atoms with Gasteiger partial charge in [-0.25, -0.2) is 0 Å². The van der Waals surface area contributed by atoms with Crippen LogP contribution in [-0.4, -0.2) is 22.5 Å². The molecular weight excluding hydrogens is 294 g/mol. The highest BCUT2D eigenvalue weighted by Gasteiger charge is 2.65. The van der Waals surface area contributed by atoms with Crippen molar-refractivity contribution >= 4 is 5.97 Å². The van der Waals surface area contributed by atoms with E-state index >= 15 is 0 Å². The summed E-state index contributed by atoms with van der Waals surface area (Å²) in [5, 5.41) is 21.1. The van der Waals surface area contributed by atoms with Crippen molar-refractivity contribution in [2.45, 2.75) is 53.9 Å². The maximum absolute atomic E-state index is 12.0. The Morgan fingerprint density at radius 3 is 2.52 bits per heavy atom. The SMILES string of the molecule is CC(C)CC1=C[C@H]2[C@@H](C1)C[C@]2(C[N+](=O)[O-])C(C(=O)O)C(C)(C)C. The Morgan fingerprint density at radius 2 is 2.09 bits per heavy atom. The first kappa shape index (κ1) is 18.0. The fraction of sp³-hybridized carbons (Fsp3) is 0.833. The van der Waals surface area contributed by atoms with E-state index in [9.17, 15) is 20.0 Å². The van der Waals surface area contributed by atoms with Crippen LogP contribution in [0.15, 0.2) is 11.6 Å². The van der Waals surface area contributed by atoms with E-state index in [-0.39, 0.29) is 17.4 Å². The van der Waals surface area contributed by atoms with Crippen molar-refractivity contribution in [2.24, 2.45) is 34.5 Å². The highest BCUT2D eigenvalue weighted by atomic mass is 16.6. The van der Waals surface area contributed by atoms with Gasteiger partial charge in [0.05, 0.1) is 11.3 Å². The zero-order valence-electron chi connectivity index (χ0n) is 14.8. The zero-order valence-corrected chi connectivity index (χ0v) is 14.8. The first-order valence-corrected chi connectivity index (χ1v) is 8.51. The van der Waals surface area contributed by atoms with E-state index in [1.165, 1.54) is 5.57 Å². The summed E-state index contributed by atoms with van der Waals surface area (Å²) in [4.78, 5) is 23.0. The van der Waals surface area contributed by atoms with Crippen LogP contribution < -0.4 is 0 Å². The van der Waals surface area contributed by atoms with Crippen LogP contribution in [0, 0.1) is 44.6 Å². The van der Waals surface area contributed by atoms with Crippen molar-refractivity contribution in [3.8, 4) is 0 Å². The minimum atomic E-state index is -0.900. The third-order valence-corrected chi connectivity index (χ3v) is 5.54. The molecule has 1 saturated carbocycles. The highest BCUT2D eigenvalue weighted by molar-refractivity contribution is 5.72. The second-order valence-corrected chi connectivity index (χ2v) is 8.98. The van der Waals surface area contributed by atoms with Crippen molar-refractivity contribution in [3.05, 3.63) is 21.8 Å². The van der Waals surface area contributed by atoms with Gasteiger partial charge in [0.1, 0.15) is 0 Å². The van der Waals surface area contributed by atoms with Gasteiger partial charge in [0, 0.05) is 4.92 Å². The first-order valence-electron chi connectivity index (χ1n) is 8.51. The number of carboxylic acid groups (broad SMARTS) is 1. The Bertz CT molecular complexity index is 532. The second kappa shape index (κ2) is 5.91. The van der Waals surface area contributed by atoms with E-state index < -0.39 is 22.7 Å². The number of fused-ring (bicyclic) bond motifs is 1. The lowest BCUT2D eigenvalue weighted by atomic mass is 9.46. The van der Waals surface area contributed by atoms with Crippen LogP contribution in [0.4, 0.5) is 0 Å². The number of hydrogen-bond donors (Lipinski definition) is 1. The summed E-state index contributed by atoms with van der Waals surface area (Å²) in [5.41, 5.74) is 0.122. The van der Waals surface area contributed by atoms with Gasteiger partial charge in [0.2, 0.25) is 6.54 Å². The molecule has 0 bridgehead atoms. The topological polar surface area (TPSA) is 80.4 Å². The van der Waals surface area contributed by atoms with E-state index in [1.54, 1.807) is 0 Å². The van der Waals surface area contributed by atoms with E-state index in [2.05, 4.69) is 19.9 Å². The number of allylic oxidation sites excluding steroid dienone is 2. The molecule has 5 nitrogen and oxygen atoms in total. The van der Waals surface area contributed by atoms with Crippen LogP contribution in [0.25, 0.3) is 0 Å². The van der Waals surface area contributed by atoms with Crippen LogP contribution in [0.2, 0.25) is 0 Å². The van der Waals surface area contributed by atoms with Gasteiger partial charge in [-0.2, -0.15) is 0 Å². The molecule has 130 valence electrons. The standard InChI is InChI=1S/C18H29NO4/c1-11(2)6-12-7-13-9-18(10-19(22)23,14(13)8-12)15(16(20)21)17(3,4)5/h8,11,13-15H,6-7,9-10H2,1-5H3,(H,20,21)/t13-,14-,15?,18+/m0/s1. The molecule has 0 aromatic carbocycles. The van der Waals surface area contributed by atoms with Gasteiger partial charge >= 0.3 is 5.97 Å². The molecule has 0 spiro atoms. The summed E-state index contributed by atoms with van der Waals surface area (Å²) >= 11 is 0. The van der Waals surface area contributed by atoms with Gasteiger partial charge in [-0.05, 0) is 42.4 Å². The minimum absolute atomic E-state index is 0.0435. The summed E-state index contributed by atoms with van der Waals surface area (Å²) < 4.78 is 0. The quantitative estimate of drug-likeness (QED) is 0.455. The minimum Gasteiger partial charge on any atom is -0.481 e. The van der Waals surface area contributed by atoms with Gasteiger partial charge < -0.3 is 5.11 Å². The number of carbonyl (C=O) groups is 1. The molecule has 0 amide bonds. The Balaban J connectivity index is 2.37. The molecular formula is C18H29NO4.